The van der Waals surface area contributed by atoms with E-state index in [1.165, 1.54) is 17.3 Å². The molecule has 0 N–H and O–H groups in total. The first-order chi connectivity index (χ1) is 12.6. The van der Waals surface area contributed by atoms with Crippen molar-refractivity contribution in [2.24, 2.45) is 0 Å². The van der Waals surface area contributed by atoms with Gasteiger partial charge in [0.2, 0.25) is 5.82 Å². The number of benzene rings is 1. The van der Waals surface area contributed by atoms with Gasteiger partial charge >= 0.3 is 0 Å². The van der Waals surface area contributed by atoms with Gasteiger partial charge in [-0.2, -0.15) is 0 Å². The summed E-state index contributed by atoms with van der Waals surface area (Å²) >= 11 is 1.37. The maximum atomic E-state index is 12.5. The van der Waals surface area contributed by atoms with Gasteiger partial charge in [0, 0.05) is 12.1 Å². The standard InChI is InChI=1S/C20H21N3O2S/c1-4-11-23-19(18-6-5-12-25-18)21-22-20(23)26-13-17(24)16-9-7-15(8-10-16)14(2)3/h4-10,12,14H,1,11,13H2,2-3H3. The zero-order valence-electron chi connectivity index (χ0n) is 14.9. The van der Waals surface area contributed by atoms with Crippen LogP contribution in [0.25, 0.3) is 11.6 Å². The van der Waals surface area contributed by atoms with Gasteiger partial charge in [0.05, 0.1) is 12.0 Å². The number of rotatable bonds is 8. The minimum absolute atomic E-state index is 0.0676. The van der Waals surface area contributed by atoms with Crippen molar-refractivity contribution in [1.29, 1.82) is 0 Å². The molecule has 0 fully saturated rings. The zero-order chi connectivity index (χ0) is 18.5. The molecule has 0 saturated carbocycles. The average Bonchev–Trinajstić information content (AvgIpc) is 3.30. The van der Waals surface area contributed by atoms with E-state index in [2.05, 4.69) is 30.6 Å². The van der Waals surface area contributed by atoms with Gasteiger partial charge in [0.1, 0.15) is 0 Å². The first-order valence-corrected chi connectivity index (χ1v) is 9.42. The second-order valence-electron chi connectivity index (χ2n) is 6.17. The highest BCUT2D eigenvalue weighted by atomic mass is 32.2. The van der Waals surface area contributed by atoms with Gasteiger partial charge in [-0.15, -0.1) is 16.8 Å². The number of furan rings is 1. The molecule has 0 atom stereocenters. The van der Waals surface area contributed by atoms with Gasteiger partial charge in [-0.3, -0.25) is 9.36 Å². The van der Waals surface area contributed by atoms with Crippen LogP contribution in [0, 0.1) is 0 Å². The first-order valence-electron chi connectivity index (χ1n) is 8.44. The van der Waals surface area contributed by atoms with E-state index in [0.29, 0.717) is 40.5 Å². The van der Waals surface area contributed by atoms with Crippen molar-refractivity contribution >= 4 is 17.5 Å². The van der Waals surface area contributed by atoms with Crippen LogP contribution in [0.5, 0.6) is 0 Å². The molecule has 1 aromatic carbocycles. The lowest BCUT2D eigenvalue weighted by molar-refractivity contribution is 0.102. The van der Waals surface area contributed by atoms with Gasteiger partial charge in [-0.1, -0.05) is 56.0 Å². The fourth-order valence-electron chi connectivity index (χ4n) is 2.54. The topological polar surface area (TPSA) is 60.9 Å². The maximum absolute atomic E-state index is 12.5. The number of hydrogen-bond acceptors (Lipinski definition) is 5. The van der Waals surface area contributed by atoms with Gasteiger partial charge in [-0.25, -0.2) is 0 Å². The van der Waals surface area contributed by atoms with Crippen LogP contribution in [0.4, 0.5) is 0 Å². The molecule has 2 heterocycles. The highest BCUT2D eigenvalue weighted by Gasteiger charge is 2.17. The minimum Gasteiger partial charge on any atom is -0.461 e. The predicted octanol–water partition coefficient (Wildman–Crippen LogP) is 4.82. The number of carbonyl (C=O) groups is 1. The molecule has 3 rings (SSSR count). The third kappa shape index (κ3) is 3.96. The Bertz CT molecular complexity index is 880. The molecule has 0 spiro atoms. The number of ketones is 1. The number of allylic oxidation sites excluding steroid dienone is 1. The van der Waals surface area contributed by atoms with E-state index >= 15 is 0 Å². The molecule has 0 bridgehead atoms. The molecule has 0 amide bonds. The second kappa shape index (κ2) is 8.19. The first kappa shape index (κ1) is 18.2. The molecule has 0 aliphatic heterocycles. The molecular formula is C20H21N3O2S. The van der Waals surface area contributed by atoms with Crippen LogP contribution in [0.1, 0.15) is 35.7 Å². The van der Waals surface area contributed by atoms with Gasteiger partial charge in [-0.05, 0) is 23.6 Å². The van der Waals surface area contributed by atoms with Crippen molar-refractivity contribution < 1.29 is 9.21 Å². The lowest BCUT2D eigenvalue weighted by Gasteiger charge is -2.07. The minimum atomic E-state index is 0.0676. The summed E-state index contributed by atoms with van der Waals surface area (Å²) in [6, 6.07) is 11.4. The van der Waals surface area contributed by atoms with Crippen LogP contribution in [0.15, 0.2) is 64.9 Å². The van der Waals surface area contributed by atoms with E-state index in [-0.39, 0.29) is 5.78 Å². The second-order valence-corrected chi connectivity index (χ2v) is 7.11. The predicted molar refractivity (Wildman–Crippen MR) is 104 cm³/mol. The van der Waals surface area contributed by atoms with Gasteiger partial charge in [0.15, 0.2) is 16.7 Å². The number of Topliss-reactive ketones (excluding diaryl/α,β-unsaturated/α-hetero) is 1. The maximum Gasteiger partial charge on any atom is 0.200 e. The van der Waals surface area contributed by atoms with Crippen molar-refractivity contribution in [2.75, 3.05) is 5.75 Å². The molecule has 0 unspecified atom stereocenters. The Hall–Kier alpha value is -2.60. The quantitative estimate of drug-likeness (QED) is 0.324. The number of aromatic nitrogens is 3. The Morgan fingerprint density at radius 1 is 1.27 bits per heavy atom. The third-order valence-electron chi connectivity index (χ3n) is 4.00. The smallest absolute Gasteiger partial charge is 0.200 e. The van der Waals surface area contributed by atoms with Gasteiger partial charge in [0.25, 0.3) is 0 Å². The Morgan fingerprint density at radius 2 is 2.04 bits per heavy atom. The highest BCUT2D eigenvalue weighted by molar-refractivity contribution is 7.99. The molecule has 134 valence electrons. The van der Waals surface area contributed by atoms with E-state index in [1.54, 1.807) is 18.4 Å². The molecule has 0 aliphatic rings. The summed E-state index contributed by atoms with van der Waals surface area (Å²) < 4.78 is 7.31. The summed E-state index contributed by atoms with van der Waals surface area (Å²) in [5.74, 6) is 2.09. The SMILES string of the molecule is C=CCn1c(SCC(=O)c2ccc(C(C)C)cc2)nnc1-c1ccco1. The molecule has 0 saturated heterocycles. The third-order valence-corrected chi connectivity index (χ3v) is 4.97. The van der Waals surface area contributed by atoms with Crippen molar-refractivity contribution in [3.8, 4) is 11.6 Å². The van der Waals surface area contributed by atoms with Crippen molar-refractivity contribution in [3.05, 3.63) is 66.4 Å². The number of hydrogen-bond donors (Lipinski definition) is 0. The molecule has 0 radical (unpaired) electrons. The van der Waals surface area contributed by atoms with E-state index in [9.17, 15) is 4.79 Å². The Morgan fingerprint density at radius 3 is 2.65 bits per heavy atom. The van der Waals surface area contributed by atoms with Crippen LogP contribution in [0.3, 0.4) is 0 Å². The molecule has 26 heavy (non-hydrogen) atoms. The van der Waals surface area contributed by atoms with Crippen LogP contribution in [-0.2, 0) is 6.54 Å². The van der Waals surface area contributed by atoms with E-state index in [1.807, 2.05) is 34.9 Å². The highest BCUT2D eigenvalue weighted by Crippen LogP contribution is 2.25. The monoisotopic (exact) mass is 367 g/mol. The number of nitrogens with zero attached hydrogens (tertiary/aromatic N) is 3. The number of carbonyl (C=O) groups excluding carboxylic acids is 1. The Labute approximate surface area is 157 Å². The summed E-state index contributed by atoms with van der Waals surface area (Å²) in [4.78, 5) is 12.5. The summed E-state index contributed by atoms with van der Waals surface area (Å²) in [7, 11) is 0. The number of thioether (sulfide) groups is 1. The molecule has 6 heteroatoms. The summed E-state index contributed by atoms with van der Waals surface area (Å²) in [6.45, 7) is 8.59. The van der Waals surface area contributed by atoms with Crippen LogP contribution >= 0.6 is 11.8 Å². The summed E-state index contributed by atoms with van der Waals surface area (Å²) in [6.07, 6.45) is 3.37. The molecule has 0 aliphatic carbocycles. The Kier molecular flexibility index (Phi) is 5.73. The summed E-state index contributed by atoms with van der Waals surface area (Å²) in [5.41, 5.74) is 1.94. The largest absolute Gasteiger partial charge is 0.461 e. The van der Waals surface area contributed by atoms with E-state index in [0.717, 1.165) is 0 Å². The van der Waals surface area contributed by atoms with E-state index < -0.39 is 0 Å². The van der Waals surface area contributed by atoms with Crippen molar-refractivity contribution in [3.63, 3.8) is 0 Å². The molecule has 5 nitrogen and oxygen atoms in total. The zero-order valence-corrected chi connectivity index (χ0v) is 15.7. The normalized spacial score (nSPS) is 11.0. The Balaban J connectivity index is 1.73. The fourth-order valence-corrected chi connectivity index (χ4v) is 3.39. The van der Waals surface area contributed by atoms with Crippen molar-refractivity contribution in [2.45, 2.75) is 31.5 Å². The van der Waals surface area contributed by atoms with E-state index in [4.69, 9.17) is 4.42 Å². The lowest BCUT2D eigenvalue weighted by Crippen LogP contribution is -2.05. The van der Waals surface area contributed by atoms with Crippen LogP contribution in [-0.4, -0.2) is 26.3 Å². The molecule has 3 aromatic rings. The van der Waals surface area contributed by atoms with Gasteiger partial charge < -0.3 is 4.42 Å². The lowest BCUT2D eigenvalue weighted by atomic mass is 10.0. The van der Waals surface area contributed by atoms with Crippen molar-refractivity contribution in [1.82, 2.24) is 14.8 Å². The van der Waals surface area contributed by atoms with Crippen LogP contribution < -0.4 is 0 Å². The summed E-state index contributed by atoms with van der Waals surface area (Å²) in [5, 5.41) is 9.08. The molecule has 2 aromatic heterocycles. The molecular weight excluding hydrogens is 346 g/mol. The van der Waals surface area contributed by atoms with Crippen LogP contribution in [0.2, 0.25) is 0 Å². The fraction of sp³-hybridized carbons (Fsp3) is 0.250. The average molecular weight is 367 g/mol.